The van der Waals surface area contributed by atoms with Gasteiger partial charge in [0.05, 0.1) is 6.54 Å². The molecule has 1 aliphatic carbocycles. The van der Waals surface area contributed by atoms with Crippen molar-refractivity contribution in [2.75, 3.05) is 0 Å². The van der Waals surface area contributed by atoms with Crippen molar-refractivity contribution in [2.24, 2.45) is 7.05 Å². The molecule has 2 aromatic rings. The maximum Gasteiger partial charge on any atom is 0.273 e. The minimum absolute atomic E-state index is 0.265. The van der Waals surface area contributed by atoms with Gasteiger partial charge in [-0.25, -0.2) is 0 Å². The first kappa shape index (κ1) is 11.9. The number of nitrogens with zero attached hydrogens (tertiary/aromatic N) is 4. The van der Waals surface area contributed by atoms with Gasteiger partial charge in [-0.3, -0.25) is 4.79 Å². The lowest BCUT2D eigenvalue weighted by Crippen LogP contribution is -2.25. The Hall–Kier alpha value is -2.18. The van der Waals surface area contributed by atoms with Crippen molar-refractivity contribution in [1.29, 1.82) is 0 Å². The lowest BCUT2D eigenvalue weighted by atomic mass is 9.85. The number of hydrogen-bond donors (Lipinski definition) is 1. The summed E-state index contributed by atoms with van der Waals surface area (Å²) >= 11 is 0. The fourth-order valence-corrected chi connectivity index (χ4v) is 2.13. The van der Waals surface area contributed by atoms with Crippen molar-refractivity contribution in [2.45, 2.75) is 31.7 Å². The third-order valence-electron chi connectivity index (χ3n) is 3.55. The summed E-state index contributed by atoms with van der Waals surface area (Å²) < 4.78 is 6.59. The summed E-state index contributed by atoms with van der Waals surface area (Å²) in [6.45, 7) is 0.335. The monoisotopic (exact) mass is 261 g/mol. The molecule has 1 aliphatic rings. The number of carbonyl (C=O) groups is 1. The number of amides is 1. The SMILES string of the molecule is Cn1c(CNC(=O)c2ccon2)nnc1C1CCC1. The minimum Gasteiger partial charge on any atom is -0.364 e. The molecule has 0 bridgehead atoms. The third-order valence-corrected chi connectivity index (χ3v) is 3.55. The molecule has 3 rings (SSSR count). The van der Waals surface area contributed by atoms with E-state index in [2.05, 4.69) is 25.2 Å². The molecule has 100 valence electrons. The summed E-state index contributed by atoms with van der Waals surface area (Å²) in [6, 6.07) is 1.52. The normalized spacial score (nSPS) is 15.2. The summed E-state index contributed by atoms with van der Waals surface area (Å²) in [7, 11) is 1.94. The molecule has 0 aliphatic heterocycles. The zero-order chi connectivity index (χ0) is 13.2. The first-order valence-electron chi connectivity index (χ1n) is 6.32. The maximum absolute atomic E-state index is 11.7. The molecule has 2 aromatic heterocycles. The number of aromatic nitrogens is 4. The quantitative estimate of drug-likeness (QED) is 0.887. The van der Waals surface area contributed by atoms with Crippen LogP contribution in [-0.4, -0.2) is 25.8 Å². The molecule has 0 spiro atoms. The highest BCUT2D eigenvalue weighted by Crippen LogP contribution is 2.34. The van der Waals surface area contributed by atoms with Crippen LogP contribution in [0.3, 0.4) is 0 Å². The Morgan fingerprint density at radius 1 is 1.53 bits per heavy atom. The van der Waals surface area contributed by atoms with Crippen molar-refractivity contribution >= 4 is 5.91 Å². The topological polar surface area (TPSA) is 85.8 Å². The number of nitrogens with one attached hydrogen (secondary N) is 1. The van der Waals surface area contributed by atoms with E-state index in [9.17, 15) is 4.79 Å². The van der Waals surface area contributed by atoms with Crippen LogP contribution in [0, 0.1) is 0 Å². The highest BCUT2D eigenvalue weighted by Gasteiger charge is 2.25. The summed E-state index contributed by atoms with van der Waals surface area (Å²) in [5.74, 6) is 2.01. The number of hydrogen-bond acceptors (Lipinski definition) is 5. The molecule has 0 saturated heterocycles. The molecule has 1 fully saturated rings. The lowest BCUT2D eigenvalue weighted by molar-refractivity contribution is 0.0940. The van der Waals surface area contributed by atoms with Gasteiger partial charge in [-0.05, 0) is 12.8 Å². The van der Waals surface area contributed by atoms with E-state index in [4.69, 9.17) is 0 Å². The summed E-state index contributed by atoms with van der Waals surface area (Å²) in [4.78, 5) is 11.7. The maximum atomic E-state index is 11.7. The Labute approximate surface area is 110 Å². The molecule has 1 amide bonds. The molecule has 1 N–H and O–H groups in total. The van der Waals surface area contributed by atoms with Crippen LogP contribution in [0.4, 0.5) is 0 Å². The van der Waals surface area contributed by atoms with E-state index >= 15 is 0 Å². The van der Waals surface area contributed by atoms with E-state index in [1.807, 2.05) is 11.6 Å². The first-order valence-corrected chi connectivity index (χ1v) is 6.32. The second-order valence-electron chi connectivity index (χ2n) is 4.73. The van der Waals surface area contributed by atoms with Crippen molar-refractivity contribution < 1.29 is 9.32 Å². The van der Waals surface area contributed by atoms with Crippen LogP contribution in [0.25, 0.3) is 0 Å². The van der Waals surface area contributed by atoms with Gasteiger partial charge in [-0.2, -0.15) is 0 Å². The molecule has 1 saturated carbocycles. The van der Waals surface area contributed by atoms with Gasteiger partial charge in [0.25, 0.3) is 5.91 Å². The summed E-state index contributed by atoms with van der Waals surface area (Å²) in [5.41, 5.74) is 0.265. The molecule has 0 aromatic carbocycles. The van der Waals surface area contributed by atoms with Gasteiger partial charge < -0.3 is 14.4 Å². The van der Waals surface area contributed by atoms with E-state index in [0.29, 0.717) is 12.5 Å². The van der Waals surface area contributed by atoms with Crippen LogP contribution < -0.4 is 5.32 Å². The fraction of sp³-hybridized carbons (Fsp3) is 0.500. The van der Waals surface area contributed by atoms with Crippen LogP contribution in [0.1, 0.15) is 47.3 Å². The zero-order valence-corrected chi connectivity index (χ0v) is 10.7. The molecule has 0 radical (unpaired) electrons. The summed E-state index contributed by atoms with van der Waals surface area (Å²) in [5, 5.41) is 14.7. The first-order chi connectivity index (χ1) is 9.25. The van der Waals surface area contributed by atoms with Gasteiger partial charge in [-0.15, -0.1) is 10.2 Å². The molecule has 7 heteroatoms. The average molecular weight is 261 g/mol. The van der Waals surface area contributed by atoms with E-state index in [0.717, 1.165) is 11.6 Å². The standard InChI is InChI=1S/C12H15N5O2/c1-17-10(14-15-11(17)8-3-2-4-8)7-13-12(18)9-5-6-19-16-9/h5-6,8H,2-4,7H2,1H3,(H,13,18). The number of rotatable bonds is 4. The predicted molar refractivity (Wildman–Crippen MR) is 65.3 cm³/mol. The van der Waals surface area contributed by atoms with Gasteiger partial charge in [0.2, 0.25) is 0 Å². The van der Waals surface area contributed by atoms with Gasteiger partial charge in [0.15, 0.2) is 11.5 Å². The highest BCUT2D eigenvalue weighted by atomic mass is 16.5. The van der Waals surface area contributed by atoms with Gasteiger partial charge in [0.1, 0.15) is 12.1 Å². The zero-order valence-electron chi connectivity index (χ0n) is 10.7. The van der Waals surface area contributed by atoms with Crippen LogP contribution in [0.15, 0.2) is 16.9 Å². The van der Waals surface area contributed by atoms with Crippen LogP contribution in [-0.2, 0) is 13.6 Å². The average Bonchev–Trinajstić information content (AvgIpc) is 2.97. The van der Waals surface area contributed by atoms with Crippen molar-refractivity contribution in [3.8, 4) is 0 Å². The van der Waals surface area contributed by atoms with Crippen molar-refractivity contribution in [3.63, 3.8) is 0 Å². The van der Waals surface area contributed by atoms with Crippen LogP contribution >= 0.6 is 0 Å². The van der Waals surface area contributed by atoms with E-state index in [-0.39, 0.29) is 11.6 Å². The second kappa shape index (κ2) is 4.83. The van der Waals surface area contributed by atoms with Crippen LogP contribution in [0.5, 0.6) is 0 Å². The minimum atomic E-state index is -0.276. The number of carbonyl (C=O) groups excluding carboxylic acids is 1. The smallest absolute Gasteiger partial charge is 0.273 e. The van der Waals surface area contributed by atoms with E-state index < -0.39 is 0 Å². The summed E-state index contributed by atoms with van der Waals surface area (Å²) in [6.07, 6.45) is 4.98. The molecule has 0 unspecified atom stereocenters. The molecule has 2 heterocycles. The van der Waals surface area contributed by atoms with Crippen molar-refractivity contribution in [1.82, 2.24) is 25.2 Å². The second-order valence-corrected chi connectivity index (χ2v) is 4.73. The molecule has 19 heavy (non-hydrogen) atoms. The Morgan fingerprint density at radius 2 is 2.37 bits per heavy atom. The largest absolute Gasteiger partial charge is 0.364 e. The Kier molecular flexibility index (Phi) is 3.02. The van der Waals surface area contributed by atoms with Crippen molar-refractivity contribution in [3.05, 3.63) is 29.7 Å². The van der Waals surface area contributed by atoms with E-state index in [1.54, 1.807) is 0 Å². The molecule has 7 nitrogen and oxygen atoms in total. The Balaban J connectivity index is 1.64. The van der Waals surface area contributed by atoms with Crippen LogP contribution in [0.2, 0.25) is 0 Å². The lowest BCUT2D eigenvalue weighted by Gasteiger charge is -2.24. The molecular weight excluding hydrogens is 246 g/mol. The fourth-order valence-electron chi connectivity index (χ4n) is 2.13. The van der Waals surface area contributed by atoms with Gasteiger partial charge >= 0.3 is 0 Å². The van der Waals surface area contributed by atoms with Gasteiger partial charge in [0, 0.05) is 19.0 Å². The van der Waals surface area contributed by atoms with E-state index in [1.165, 1.54) is 31.6 Å². The molecular formula is C12H15N5O2. The highest BCUT2D eigenvalue weighted by molar-refractivity contribution is 5.91. The third kappa shape index (κ3) is 2.23. The Morgan fingerprint density at radius 3 is 3.00 bits per heavy atom. The van der Waals surface area contributed by atoms with Gasteiger partial charge in [-0.1, -0.05) is 11.6 Å². The predicted octanol–water partition coefficient (Wildman–Crippen LogP) is 1.00. The molecule has 0 atom stereocenters. The Bertz CT molecular complexity index is 571.